The maximum Gasteiger partial charge on any atom is 0.319 e. The molecule has 3 atom stereocenters. The highest BCUT2D eigenvalue weighted by atomic mass is 32.2. The lowest BCUT2D eigenvalue weighted by molar-refractivity contribution is 0.0387. The summed E-state index contributed by atoms with van der Waals surface area (Å²) in [5, 5.41) is 15.8. The number of amides is 3. The Labute approximate surface area is 243 Å². The number of aryl methyl sites for hydroxylation is 1. The number of aliphatic hydroxyl groups excluding tert-OH is 1. The summed E-state index contributed by atoms with van der Waals surface area (Å²) in [6.45, 7) is 5.63. The number of sulfonamides is 1. The summed E-state index contributed by atoms with van der Waals surface area (Å²) < 4.78 is 34.2. The molecule has 2 aromatic rings. The van der Waals surface area contributed by atoms with Crippen molar-refractivity contribution >= 4 is 27.6 Å². The number of benzene rings is 2. The Balaban J connectivity index is 1.59. The summed E-state index contributed by atoms with van der Waals surface area (Å²) in [7, 11) is -2.26. The Hall–Kier alpha value is -3.15. The Morgan fingerprint density at radius 1 is 1.15 bits per heavy atom. The number of urea groups is 1. The average Bonchev–Trinajstić information content (AvgIpc) is 2.95. The molecule has 11 heteroatoms. The van der Waals surface area contributed by atoms with Gasteiger partial charge in [0.25, 0.3) is 5.91 Å². The van der Waals surface area contributed by atoms with Gasteiger partial charge in [-0.25, -0.2) is 13.2 Å². The van der Waals surface area contributed by atoms with E-state index in [1.807, 2.05) is 13.8 Å². The van der Waals surface area contributed by atoms with Crippen molar-refractivity contribution in [2.75, 3.05) is 32.1 Å². The standard InChI is InChI=1S/C30H42N4O6S/c1-20-10-13-25(14-11-20)41(38,39)33(4)18-28-21(2)17-34(22(3)19-35)29(36)26-16-24(12-15-27(26)40-28)32-30(37)31-23-8-6-5-7-9-23/h10-16,21-23,28,35H,5-9,17-19H2,1-4H3,(H2,31,32,37)/t21-,22+,28+/m0/s1. The first kappa shape index (κ1) is 30.8. The van der Waals surface area contributed by atoms with E-state index in [1.165, 1.54) is 17.8 Å². The van der Waals surface area contributed by atoms with Crippen molar-refractivity contribution < 1.29 is 27.9 Å². The van der Waals surface area contributed by atoms with Crippen molar-refractivity contribution in [3.63, 3.8) is 0 Å². The molecule has 41 heavy (non-hydrogen) atoms. The van der Waals surface area contributed by atoms with Gasteiger partial charge in [0.1, 0.15) is 11.9 Å². The van der Waals surface area contributed by atoms with Crippen molar-refractivity contribution in [1.82, 2.24) is 14.5 Å². The van der Waals surface area contributed by atoms with Crippen LogP contribution < -0.4 is 15.4 Å². The second-order valence-electron chi connectivity index (χ2n) is 11.4. The highest BCUT2D eigenvalue weighted by Gasteiger charge is 2.35. The van der Waals surface area contributed by atoms with Gasteiger partial charge in [-0.05, 0) is 57.0 Å². The number of nitrogens with zero attached hydrogens (tertiary/aromatic N) is 2. The monoisotopic (exact) mass is 586 g/mol. The van der Waals surface area contributed by atoms with Crippen molar-refractivity contribution in [3.8, 4) is 5.75 Å². The second-order valence-corrected chi connectivity index (χ2v) is 13.4. The van der Waals surface area contributed by atoms with Gasteiger partial charge in [-0.2, -0.15) is 4.31 Å². The highest BCUT2D eigenvalue weighted by molar-refractivity contribution is 7.89. The minimum Gasteiger partial charge on any atom is -0.488 e. The molecule has 0 aromatic heterocycles. The zero-order chi connectivity index (χ0) is 29.7. The van der Waals surface area contributed by atoms with E-state index >= 15 is 0 Å². The second kappa shape index (κ2) is 13.2. The molecule has 1 aliphatic heterocycles. The van der Waals surface area contributed by atoms with Crippen LogP contribution in [0.4, 0.5) is 10.5 Å². The minimum absolute atomic E-state index is 0.0517. The molecule has 2 aliphatic rings. The summed E-state index contributed by atoms with van der Waals surface area (Å²) in [6.07, 6.45) is 4.68. The number of carbonyl (C=O) groups excluding carboxylic acids is 2. The molecule has 1 saturated carbocycles. The van der Waals surface area contributed by atoms with Crippen LogP contribution in [0.1, 0.15) is 61.9 Å². The SMILES string of the molecule is Cc1ccc(S(=O)(=O)N(C)C[C@H]2Oc3ccc(NC(=O)NC4CCCCC4)cc3C(=O)N([C@H](C)CO)C[C@@H]2C)cc1. The molecule has 1 heterocycles. The van der Waals surface area contributed by atoms with Crippen LogP contribution in [0.5, 0.6) is 5.75 Å². The van der Waals surface area contributed by atoms with Crippen molar-refractivity contribution in [3.05, 3.63) is 53.6 Å². The van der Waals surface area contributed by atoms with Crippen LogP contribution in [0.15, 0.2) is 47.4 Å². The van der Waals surface area contributed by atoms with Crippen LogP contribution >= 0.6 is 0 Å². The lowest BCUT2D eigenvalue weighted by Gasteiger charge is -2.38. The van der Waals surface area contributed by atoms with E-state index in [2.05, 4.69) is 10.6 Å². The average molecular weight is 587 g/mol. The van der Waals surface area contributed by atoms with Gasteiger partial charge < -0.3 is 25.4 Å². The van der Waals surface area contributed by atoms with Crippen LogP contribution in [0.3, 0.4) is 0 Å². The molecule has 2 aromatic carbocycles. The minimum atomic E-state index is -3.78. The zero-order valence-corrected chi connectivity index (χ0v) is 25.1. The fourth-order valence-corrected chi connectivity index (χ4v) is 6.54. The number of rotatable bonds is 8. The quantitative estimate of drug-likeness (QED) is 0.429. The largest absolute Gasteiger partial charge is 0.488 e. The molecule has 0 saturated heterocycles. The molecule has 3 amide bonds. The van der Waals surface area contributed by atoms with Gasteiger partial charge in [0, 0.05) is 31.2 Å². The third-order valence-corrected chi connectivity index (χ3v) is 9.87. The summed E-state index contributed by atoms with van der Waals surface area (Å²) in [6, 6.07) is 10.9. The first-order valence-corrected chi connectivity index (χ1v) is 15.8. The van der Waals surface area contributed by atoms with Gasteiger partial charge in [0.05, 0.1) is 29.7 Å². The lowest BCUT2D eigenvalue weighted by atomic mass is 9.96. The van der Waals surface area contributed by atoms with E-state index in [1.54, 1.807) is 54.3 Å². The number of nitrogens with one attached hydrogen (secondary N) is 2. The van der Waals surface area contributed by atoms with Gasteiger partial charge in [-0.1, -0.05) is 43.9 Å². The molecule has 0 unspecified atom stereocenters. The fourth-order valence-electron chi connectivity index (χ4n) is 5.36. The number of anilines is 1. The Morgan fingerprint density at radius 2 is 1.83 bits per heavy atom. The van der Waals surface area contributed by atoms with Gasteiger partial charge in [-0.3, -0.25) is 4.79 Å². The molecule has 3 N–H and O–H groups in total. The number of fused-ring (bicyclic) bond motifs is 1. The Morgan fingerprint density at radius 3 is 2.49 bits per heavy atom. The molecule has 0 bridgehead atoms. The van der Waals surface area contributed by atoms with Crippen LogP contribution in [-0.2, 0) is 10.0 Å². The van der Waals surface area contributed by atoms with Crippen molar-refractivity contribution in [1.29, 1.82) is 0 Å². The van der Waals surface area contributed by atoms with Crippen LogP contribution in [0, 0.1) is 12.8 Å². The first-order chi connectivity index (χ1) is 19.5. The molecule has 1 fully saturated rings. The number of likely N-dealkylation sites (N-methyl/N-ethyl adjacent to an activating group) is 1. The topological polar surface area (TPSA) is 128 Å². The molecule has 10 nitrogen and oxygen atoms in total. The molecule has 0 radical (unpaired) electrons. The van der Waals surface area contributed by atoms with Gasteiger partial charge in [0.2, 0.25) is 10.0 Å². The van der Waals surface area contributed by atoms with Crippen LogP contribution in [-0.4, -0.2) is 79.6 Å². The summed E-state index contributed by atoms with van der Waals surface area (Å²) in [5.74, 6) is -0.291. The summed E-state index contributed by atoms with van der Waals surface area (Å²) in [4.78, 5) is 28.1. The van der Waals surface area contributed by atoms with Crippen molar-refractivity contribution in [2.45, 2.75) is 76.0 Å². The van der Waals surface area contributed by atoms with E-state index in [-0.39, 0.29) is 54.1 Å². The number of hydrogen-bond acceptors (Lipinski definition) is 6. The molecule has 4 rings (SSSR count). The van der Waals surface area contributed by atoms with Crippen molar-refractivity contribution in [2.24, 2.45) is 5.92 Å². The van der Waals surface area contributed by atoms with E-state index < -0.39 is 22.2 Å². The smallest absolute Gasteiger partial charge is 0.319 e. The fraction of sp³-hybridized carbons (Fsp3) is 0.533. The number of carbonyl (C=O) groups is 2. The zero-order valence-electron chi connectivity index (χ0n) is 24.3. The normalized spacial score (nSPS) is 20.9. The number of aliphatic hydroxyl groups is 1. The van der Waals surface area contributed by atoms with E-state index in [9.17, 15) is 23.1 Å². The van der Waals surface area contributed by atoms with E-state index in [4.69, 9.17) is 4.74 Å². The van der Waals surface area contributed by atoms with Gasteiger partial charge >= 0.3 is 6.03 Å². The predicted octanol–water partition coefficient (Wildman–Crippen LogP) is 3.99. The third-order valence-electron chi connectivity index (χ3n) is 8.03. The van der Waals surface area contributed by atoms with E-state index in [0.29, 0.717) is 11.4 Å². The molecular formula is C30H42N4O6S. The maximum absolute atomic E-state index is 13.7. The summed E-state index contributed by atoms with van der Waals surface area (Å²) in [5.41, 5.74) is 1.64. The molecule has 224 valence electrons. The third kappa shape index (κ3) is 7.38. The molecule has 1 aliphatic carbocycles. The summed E-state index contributed by atoms with van der Waals surface area (Å²) >= 11 is 0. The Bertz CT molecular complexity index is 1330. The molecular weight excluding hydrogens is 544 g/mol. The van der Waals surface area contributed by atoms with Gasteiger partial charge in [0.15, 0.2) is 0 Å². The predicted molar refractivity (Wildman–Crippen MR) is 158 cm³/mol. The number of hydrogen-bond donors (Lipinski definition) is 3. The Kier molecular flexibility index (Phi) is 9.93. The number of ether oxygens (including phenoxy) is 1. The van der Waals surface area contributed by atoms with Crippen LogP contribution in [0.25, 0.3) is 0 Å². The maximum atomic E-state index is 13.7. The first-order valence-electron chi connectivity index (χ1n) is 14.3. The highest BCUT2D eigenvalue weighted by Crippen LogP contribution is 2.31. The van der Waals surface area contributed by atoms with Gasteiger partial charge in [-0.15, -0.1) is 0 Å². The molecule has 0 spiro atoms. The van der Waals surface area contributed by atoms with Crippen LogP contribution in [0.2, 0.25) is 0 Å². The van der Waals surface area contributed by atoms with E-state index in [0.717, 1.165) is 31.2 Å². The lowest BCUT2D eigenvalue weighted by Crippen LogP contribution is -2.50.